The molecule has 82 valence electrons. The van der Waals surface area contributed by atoms with E-state index in [1.165, 1.54) is 0 Å². The van der Waals surface area contributed by atoms with E-state index < -0.39 is 0 Å². The van der Waals surface area contributed by atoms with Crippen LogP contribution >= 0.6 is 27.7 Å². The molecule has 0 aliphatic heterocycles. The molecular weight excluding hydrogens is 276 g/mol. The van der Waals surface area contributed by atoms with Crippen molar-refractivity contribution in [1.29, 1.82) is 0 Å². The molecule has 2 nitrogen and oxygen atoms in total. The summed E-state index contributed by atoms with van der Waals surface area (Å²) in [5.74, 6) is 1.72. The first-order valence-corrected chi connectivity index (χ1v) is 6.83. The second kappa shape index (κ2) is 6.90. The molecule has 0 N–H and O–H groups in total. The Morgan fingerprint density at radius 1 is 1.53 bits per heavy atom. The summed E-state index contributed by atoms with van der Waals surface area (Å²) in [6, 6.07) is 5.45. The summed E-state index contributed by atoms with van der Waals surface area (Å²) in [7, 11) is 0. The van der Waals surface area contributed by atoms with E-state index in [2.05, 4.69) is 22.2 Å². The molecule has 0 atom stereocenters. The van der Waals surface area contributed by atoms with Gasteiger partial charge in [-0.2, -0.15) is 11.8 Å². The van der Waals surface area contributed by atoms with Gasteiger partial charge in [0.15, 0.2) is 6.29 Å². The monoisotopic (exact) mass is 288 g/mol. The second-order valence-corrected chi connectivity index (χ2v) is 4.81. The van der Waals surface area contributed by atoms with E-state index in [-0.39, 0.29) is 0 Å². The number of rotatable bonds is 6. The van der Waals surface area contributed by atoms with Gasteiger partial charge in [-0.05, 0) is 46.5 Å². The van der Waals surface area contributed by atoms with Gasteiger partial charge in [0.1, 0.15) is 5.75 Å². The van der Waals surface area contributed by atoms with Crippen LogP contribution in [-0.4, -0.2) is 24.9 Å². The zero-order valence-corrected chi connectivity index (χ0v) is 10.9. The fourth-order valence-corrected chi connectivity index (χ4v) is 2.05. The number of benzene rings is 1. The number of carbonyl (C=O) groups is 1. The third kappa shape index (κ3) is 3.87. The van der Waals surface area contributed by atoms with E-state index in [1.54, 1.807) is 17.8 Å². The number of halogens is 1. The quantitative estimate of drug-likeness (QED) is 0.593. The van der Waals surface area contributed by atoms with Crippen LogP contribution < -0.4 is 4.74 Å². The lowest BCUT2D eigenvalue weighted by atomic mass is 10.2. The van der Waals surface area contributed by atoms with Gasteiger partial charge < -0.3 is 4.74 Å². The average molecular weight is 289 g/mol. The van der Waals surface area contributed by atoms with E-state index >= 15 is 0 Å². The van der Waals surface area contributed by atoms with Crippen LogP contribution in [0.1, 0.15) is 16.8 Å². The molecule has 0 fully saturated rings. The maximum Gasteiger partial charge on any atom is 0.153 e. The van der Waals surface area contributed by atoms with Crippen molar-refractivity contribution in [3.05, 3.63) is 28.2 Å². The molecular formula is C11H13BrO2S. The first-order valence-electron chi connectivity index (χ1n) is 4.65. The fourth-order valence-electron chi connectivity index (χ4n) is 1.15. The molecule has 0 heterocycles. The number of thioether (sulfide) groups is 1. The Morgan fingerprint density at radius 3 is 3.00 bits per heavy atom. The van der Waals surface area contributed by atoms with Crippen molar-refractivity contribution >= 4 is 34.0 Å². The summed E-state index contributed by atoms with van der Waals surface area (Å²) in [5.41, 5.74) is 0.591. The first kappa shape index (κ1) is 12.6. The molecule has 0 aromatic heterocycles. The van der Waals surface area contributed by atoms with E-state index in [0.717, 1.165) is 22.9 Å². The number of hydrogen-bond donors (Lipinski definition) is 0. The third-order valence-corrected chi connectivity index (χ3v) is 3.18. The highest BCUT2D eigenvalue weighted by Crippen LogP contribution is 2.28. The van der Waals surface area contributed by atoms with E-state index in [0.29, 0.717) is 17.9 Å². The topological polar surface area (TPSA) is 26.3 Å². The summed E-state index contributed by atoms with van der Waals surface area (Å²) in [5, 5.41) is 0. The van der Waals surface area contributed by atoms with Crippen molar-refractivity contribution in [1.82, 2.24) is 0 Å². The summed E-state index contributed by atoms with van der Waals surface area (Å²) >= 11 is 5.16. The van der Waals surface area contributed by atoms with Crippen molar-refractivity contribution in [2.45, 2.75) is 6.42 Å². The van der Waals surface area contributed by atoms with Crippen molar-refractivity contribution in [3.63, 3.8) is 0 Å². The largest absolute Gasteiger partial charge is 0.492 e. The van der Waals surface area contributed by atoms with Crippen LogP contribution in [0.25, 0.3) is 0 Å². The minimum atomic E-state index is 0.591. The lowest BCUT2D eigenvalue weighted by molar-refractivity contribution is 0.111. The predicted octanol–water partition coefficient (Wildman–Crippen LogP) is 3.39. The zero-order valence-electron chi connectivity index (χ0n) is 8.53. The van der Waals surface area contributed by atoms with Crippen molar-refractivity contribution in [2.24, 2.45) is 0 Å². The van der Waals surface area contributed by atoms with Crippen molar-refractivity contribution in [2.75, 3.05) is 18.6 Å². The number of carbonyl (C=O) groups excluding carboxylic acids is 1. The summed E-state index contributed by atoms with van der Waals surface area (Å²) in [6.45, 7) is 0.643. The molecule has 0 bridgehead atoms. The molecule has 0 aliphatic carbocycles. The average Bonchev–Trinajstić information content (AvgIpc) is 2.26. The van der Waals surface area contributed by atoms with E-state index in [9.17, 15) is 4.79 Å². The standard InChI is InChI=1S/C11H13BrO2S/c1-15-7-3-6-14-11-9(8-13)4-2-5-10(11)12/h2,4-5,8H,3,6-7H2,1H3. The first-order chi connectivity index (χ1) is 7.29. The van der Waals surface area contributed by atoms with Gasteiger partial charge in [0.25, 0.3) is 0 Å². The van der Waals surface area contributed by atoms with Crippen LogP contribution in [0.2, 0.25) is 0 Å². The highest BCUT2D eigenvalue weighted by Gasteiger charge is 2.06. The molecule has 0 saturated carbocycles. The number of ether oxygens (including phenoxy) is 1. The Labute approximate surface area is 103 Å². The summed E-state index contributed by atoms with van der Waals surface area (Å²) < 4.78 is 6.40. The van der Waals surface area contributed by atoms with Gasteiger partial charge in [0, 0.05) is 0 Å². The zero-order chi connectivity index (χ0) is 11.1. The highest BCUT2D eigenvalue weighted by atomic mass is 79.9. The van der Waals surface area contributed by atoms with Crippen molar-refractivity contribution in [3.8, 4) is 5.75 Å². The molecule has 0 amide bonds. The van der Waals surface area contributed by atoms with E-state index in [1.807, 2.05) is 12.1 Å². The molecule has 1 aromatic rings. The van der Waals surface area contributed by atoms with Gasteiger partial charge in [-0.3, -0.25) is 4.79 Å². The Balaban J connectivity index is 2.62. The molecule has 0 unspecified atom stereocenters. The number of aldehydes is 1. The summed E-state index contributed by atoms with van der Waals surface area (Å²) in [6.07, 6.45) is 3.87. The number of hydrogen-bond acceptors (Lipinski definition) is 3. The smallest absolute Gasteiger partial charge is 0.153 e. The van der Waals surface area contributed by atoms with Gasteiger partial charge in [0.05, 0.1) is 16.6 Å². The summed E-state index contributed by atoms with van der Waals surface area (Å²) in [4.78, 5) is 10.8. The van der Waals surface area contributed by atoms with Crippen LogP contribution in [0, 0.1) is 0 Å². The molecule has 0 radical (unpaired) electrons. The van der Waals surface area contributed by atoms with Gasteiger partial charge in [-0.1, -0.05) is 6.07 Å². The van der Waals surface area contributed by atoms with Crippen LogP contribution in [0.5, 0.6) is 5.75 Å². The molecule has 0 spiro atoms. The second-order valence-electron chi connectivity index (χ2n) is 2.97. The number of para-hydroxylation sites is 1. The third-order valence-electron chi connectivity index (χ3n) is 1.86. The van der Waals surface area contributed by atoms with Gasteiger partial charge in [0.2, 0.25) is 0 Å². The van der Waals surface area contributed by atoms with Gasteiger partial charge >= 0.3 is 0 Å². The molecule has 1 aromatic carbocycles. The van der Waals surface area contributed by atoms with Gasteiger partial charge in [-0.15, -0.1) is 0 Å². The van der Waals surface area contributed by atoms with Crippen LogP contribution in [0.3, 0.4) is 0 Å². The Bertz CT molecular complexity index is 328. The molecule has 4 heteroatoms. The minimum Gasteiger partial charge on any atom is -0.492 e. The normalized spacial score (nSPS) is 10.0. The SMILES string of the molecule is CSCCCOc1c(Br)cccc1C=O. The lowest BCUT2D eigenvalue weighted by Crippen LogP contribution is -2.01. The van der Waals surface area contributed by atoms with Crippen molar-refractivity contribution < 1.29 is 9.53 Å². The van der Waals surface area contributed by atoms with Gasteiger partial charge in [-0.25, -0.2) is 0 Å². The minimum absolute atomic E-state index is 0.591. The Hall–Kier alpha value is -0.480. The fraction of sp³-hybridized carbons (Fsp3) is 0.364. The maximum atomic E-state index is 10.8. The maximum absolute atomic E-state index is 10.8. The molecule has 15 heavy (non-hydrogen) atoms. The lowest BCUT2D eigenvalue weighted by Gasteiger charge is -2.09. The van der Waals surface area contributed by atoms with Crippen LogP contribution in [-0.2, 0) is 0 Å². The van der Waals surface area contributed by atoms with Crippen LogP contribution in [0.4, 0.5) is 0 Å². The predicted molar refractivity (Wildman–Crippen MR) is 68.0 cm³/mol. The Morgan fingerprint density at radius 2 is 2.33 bits per heavy atom. The Kier molecular flexibility index (Phi) is 5.79. The molecule has 0 aliphatic rings. The molecule has 0 saturated heterocycles. The highest BCUT2D eigenvalue weighted by molar-refractivity contribution is 9.10. The molecule has 1 rings (SSSR count). The van der Waals surface area contributed by atoms with Crippen LogP contribution in [0.15, 0.2) is 22.7 Å². The van der Waals surface area contributed by atoms with E-state index in [4.69, 9.17) is 4.74 Å².